The van der Waals surface area contributed by atoms with Crippen LogP contribution in [0.5, 0.6) is 5.75 Å². The summed E-state index contributed by atoms with van der Waals surface area (Å²) < 4.78 is 5.47. The Morgan fingerprint density at radius 3 is 2.41 bits per heavy atom. The molecule has 7 rings (SSSR count). The number of para-hydroxylation sites is 2. The molecule has 220 valence electrons. The van der Waals surface area contributed by atoms with E-state index < -0.39 is 23.4 Å². The fourth-order valence-corrected chi connectivity index (χ4v) is 7.64. The first-order valence-electron chi connectivity index (χ1n) is 15.2. The maximum absolute atomic E-state index is 15.0. The van der Waals surface area contributed by atoms with Crippen LogP contribution >= 0.6 is 0 Å². The summed E-state index contributed by atoms with van der Waals surface area (Å²) in [4.78, 5) is 46.5. The molecule has 44 heavy (non-hydrogen) atoms. The number of carbonyl (C=O) groups is 3. The number of hydrogen-bond acceptors (Lipinski definition) is 5. The summed E-state index contributed by atoms with van der Waals surface area (Å²) in [7, 11) is 1.56. The molecule has 0 unspecified atom stereocenters. The quantitative estimate of drug-likeness (QED) is 0.240. The van der Waals surface area contributed by atoms with Gasteiger partial charge in [-0.2, -0.15) is 0 Å². The lowest BCUT2D eigenvalue weighted by Gasteiger charge is -2.39. The van der Waals surface area contributed by atoms with E-state index in [0.29, 0.717) is 22.6 Å². The molecular weight excluding hydrogens is 548 g/mol. The number of amides is 1. The minimum absolute atomic E-state index is 0.223. The first-order valence-corrected chi connectivity index (χ1v) is 15.2. The predicted molar refractivity (Wildman–Crippen MR) is 172 cm³/mol. The Kier molecular flexibility index (Phi) is 6.73. The molecule has 0 saturated carbocycles. The molecule has 0 radical (unpaired) electrons. The molecule has 3 aliphatic rings. The Labute approximate surface area is 257 Å². The number of allylic oxidation sites excluding steroid dienone is 1. The van der Waals surface area contributed by atoms with Gasteiger partial charge in [0.1, 0.15) is 17.2 Å². The second kappa shape index (κ2) is 10.6. The van der Waals surface area contributed by atoms with Crippen molar-refractivity contribution < 1.29 is 19.1 Å². The molecule has 4 atom stereocenters. The zero-order chi connectivity index (χ0) is 30.6. The second-order valence-electron chi connectivity index (χ2n) is 11.9. The first-order chi connectivity index (χ1) is 21.4. The molecule has 4 aromatic carbocycles. The number of Topliss-reactive ketones (excluding diaryl/α,β-unsaturated/α-hetero) is 2. The zero-order valence-electron chi connectivity index (χ0n) is 25.0. The minimum atomic E-state index is -1.34. The van der Waals surface area contributed by atoms with Gasteiger partial charge >= 0.3 is 0 Å². The van der Waals surface area contributed by atoms with Crippen molar-refractivity contribution in [3.8, 4) is 5.75 Å². The van der Waals surface area contributed by atoms with Crippen LogP contribution in [0.25, 0.3) is 5.57 Å². The van der Waals surface area contributed by atoms with Crippen molar-refractivity contribution in [1.82, 2.24) is 0 Å². The Balaban J connectivity index is 1.51. The van der Waals surface area contributed by atoms with Crippen LogP contribution < -0.4 is 15.0 Å². The summed E-state index contributed by atoms with van der Waals surface area (Å²) in [5.74, 6) is -1.18. The van der Waals surface area contributed by atoms with Crippen molar-refractivity contribution in [3.63, 3.8) is 0 Å². The third-order valence-electron chi connectivity index (χ3n) is 9.57. The van der Waals surface area contributed by atoms with Crippen LogP contribution in [-0.4, -0.2) is 36.7 Å². The topological polar surface area (TPSA) is 75.7 Å². The molecule has 3 heterocycles. The van der Waals surface area contributed by atoms with E-state index in [1.807, 2.05) is 84.6 Å². The van der Waals surface area contributed by atoms with Gasteiger partial charge in [0.15, 0.2) is 11.6 Å². The third kappa shape index (κ3) is 3.97. The van der Waals surface area contributed by atoms with Crippen LogP contribution in [0, 0.1) is 5.92 Å². The van der Waals surface area contributed by atoms with E-state index in [1.54, 1.807) is 31.4 Å². The second-order valence-corrected chi connectivity index (χ2v) is 11.9. The number of rotatable bonds is 7. The van der Waals surface area contributed by atoms with Crippen molar-refractivity contribution >= 4 is 34.4 Å². The van der Waals surface area contributed by atoms with Crippen LogP contribution in [0.1, 0.15) is 57.7 Å². The van der Waals surface area contributed by atoms with E-state index >= 15 is 4.79 Å². The molecule has 1 saturated heterocycles. The summed E-state index contributed by atoms with van der Waals surface area (Å²) in [6.45, 7) is 4.15. The standard InChI is InChI=1S/C38H34N2O4/c1-4-10-24-17-19-25(20-18-24)35(41)33-34(36(42)26-11-9-12-27(22-26)44-3)40-31-16-8-5-13-28(31)23(2)21-32(40)38(33)29-14-6-7-15-30(29)39-37(38)43/h5-9,11-22,32-34H,4,10H2,1-3H3,(H,39,43)/t32-,33+,34-,38-/m1/s1. The van der Waals surface area contributed by atoms with E-state index in [1.165, 1.54) is 0 Å². The molecular formula is C38H34N2O4. The van der Waals surface area contributed by atoms with Crippen LogP contribution in [0.4, 0.5) is 11.4 Å². The minimum Gasteiger partial charge on any atom is -0.497 e. The van der Waals surface area contributed by atoms with Crippen molar-refractivity contribution in [3.05, 3.63) is 131 Å². The van der Waals surface area contributed by atoms with Gasteiger partial charge in [-0.15, -0.1) is 0 Å². The zero-order valence-corrected chi connectivity index (χ0v) is 25.0. The number of anilines is 2. The number of ether oxygens (including phenoxy) is 1. The van der Waals surface area contributed by atoms with E-state index in [-0.39, 0.29) is 17.5 Å². The number of methoxy groups -OCH3 is 1. The molecule has 6 nitrogen and oxygen atoms in total. The van der Waals surface area contributed by atoms with Crippen molar-refractivity contribution in [1.29, 1.82) is 0 Å². The smallest absolute Gasteiger partial charge is 0.238 e. The van der Waals surface area contributed by atoms with E-state index in [0.717, 1.165) is 40.8 Å². The largest absolute Gasteiger partial charge is 0.497 e. The molecule has 1 spiro atoms. The van der Waals surface area contributed by atoms with Gasteiger partial charge in [-0.1, -0.05) is 92.2 Å². The van der Waals surface area contributed by atoms with Crippen molar-refractivity contribution in [2.24, 2.45) is 5.92 Å². The first kappa shape index (κ1) is 27.8. The van der Waals surface area contributed by atoms with Crippen LogP contribution in [-0.2, 0) is 16.6 Å². The fraction of sp³-hybridized carbons (Fsp3) is 0.237. The molecule has 0 bridgehead atoms. The fourth-order valence-electron chi connectivity index (χ4n) is 7.64. The van der Waals surface area contributed by atoms with Crippen LogP contribution in [0.3, 0.4) is 0 Å². The highest BCUT2D eigenvalue weighted by atomic mass is 16.5. The SMILES string of the molecule is CCCc1ccc(C(=O)[C@@H]2[C@H](C(=O)c3cccc(OC)c3)N3c4ccccc4C(C)=C[C@@H]3[C@@]23C(=O)Nc2ccccc23)cc1. The van der Waals surface area contributed by atoms with Crippen molar-refractivity contribution in [2.45, 2.75) is 44.2 Å². The number of nitrogens with one attached hydrogen (secondary N) is 1. The summed E-state index contributed by atoms with van der Waals surface area (Å²) >= 11 is 0. The maximum atomic E-state index is 15.0. The number of nitrogens with zero attached hydrogens (tertiary/aromatic N) is 1. The lowest BCUT2D eigenvalue weighted by atomic mass is 9.64. The van der Waals surface area contributed by atoms with E-state index in [4.69, 9.17) is 4.74 Å². The van der Waals surface area contributed by atoms with Gasteiger partial charge in [0.2, 0.25) is 5.91 Å². The summed E-state index contributed by atoms with van der Waals surface area (Å²) in [5.41, 5.74) is 4.95. The number of carbonyl (C=O) groups excluding carboxylic acids is 3. The molecule has 1 N–H and O–H groups in total. The Morgan fingerprint density at radius 2 is 1.64 bits per heavy atom. The molecule has 1 fully saturated rings. The molecule has 3 aliphatic heterocycles. The number of aryl methyl sites for hydroxylation is 1. The molecule has 1 amide bonds. The van der Waals surface area contributed by atoms with Gasteiger partial charge in [-0.3, -0.25) is 14.4 Å². The molecule has 6 heteroatoms. The Hall–Kier alpha value is -4.97. The highest BCUT2D eigenvalue weighted by Gasteiger charge is 2.70. The molecule has 0 aliphatic carbocycles. The van der Waals surface area contributed by atoms with Crippen molar-refractivity contribution in [2.75, 3.05) is 17.3 Å². The Morgan fingerprint density at radius 1 is 0.886 bits per heavy atom. The van der Waals surface area contributed by atoms with Gasteiger partial charge in [0.25, 0.3) is 0 Å². The van der Waals surface area contributed by atoms with Crippen LogP contribution in [0.2, 0.25) is 0 Å². The normalized spacial score (nSPS) is 23.0. The van der Waals surface area contributed by atoms with Gasteiger partial charge in [0, 0.05) is 28.1 Å². The number of fused-ring (bicyclic) bond motifs is 6. The Bertz CT molecular complexity index is 1840. The van der Waals surface area contributed by atoms with Gasteiger partial charge < -0.3 is 15.0 Å². The average molecular weight is 583 g/mol. The third-order valence-corrected chi connectivity index (χ3v) is 9.57. The lowest BCUT2D eigenvalue weighted by Crippen LogP contribution is -2.51. The average Bonchev–Trinajstić information content (AvgIpc) is 3.53. The number of benzene rings is 4. The highest BCUT2D eigenvalue weighted by Crippen LogP contribution is 2.58. The maximum Gasteiger partial charge on any atom is 0.238 e. The summed E-state index contributed by atoms with van der Waals surface area (Å²) in [5, 5.41) is 3.10. The van der Waals surface area contributed by atoms with E-state index in [9.17, 15) is 9.59 Å². The highest BCUT2D eigenvalue weighted by molar-refractivity contribution is 6.18. The predicted octanol–water partition coefficient (Wildman–Crippen LogP) is 6.89. The monoisotopic (exact) mass is 582 g/mol. The molecule has 0 aromatic heterocycles. The van der Waals surface area contributed by atoms with Gasteiger partial charge in [-0.05, 0) is 54.3 Å². The molecule has 4 aromatic rings. The van der Waals surface area contributed by atoms with Gasteiger partial charge in [-0.25, -0.2) is 0 Å². The number of ketones is 2. The van der Waals surface area contributed by atoms with Crippen LogP contribution in [0.15, 0.2) is 103 Å². The summed E-state index contributed by atoms with van der Waals surface area (Å²) in [6, 6.07) is 28.7. The van der Waals surface area contributed by atoms with E-state index in [2.05, 4.69) is 18.3 Å². The number of hydrogen-bond donors (Lipinski definition) is 1. The lowest BCUT2D eigenvalue weighted by molar-refractivity contribution is -0.121. The van der Waals surface area contributed by atoms with Gasteiger partial charge in [0.05, 0.1) is 19.1 Å². The summed E-state index contributed by atoms with van der Waals surface area (Å²) in [6.07, 6.45) is 3.98.